The highest BCUT2D eigenvalue weighted by Gasteiger charge is 2.32. The van der Waals surface area contributed by atoms with Crippen molar-refractivity contribution in [3.8, 4) is 11.3 Å². The first-order valence-electron chi connectivity index (χ1n) is 10.1. The van der Waals surface area contributed by atoms with Crippen LogP contribution in [0.25, 0.3) is 11.3 Å². The zero-order chi connectivity index (χ0) is 21.8. The smallest absolute Gasteiger partial charge is 0.342 e. The molecule has 0 spiro atoms. The van der Waals surface area contributed by atoms with E-state index < -0.39 is 11.7 Å². The Morgan fingerprint density at radius 3 is 2.61 bits per heavy atom. The highest BCUT2D eigenvalue weighted by molar-refractivity contribution is 5.79. The molecule has 0 bridgehead atoms. The number of aromatic nitrogens is 3. The molecule has 1 fully saturated rings. The maximum absolute atomic E-state index is 13.2. The number of carbonyl (C=O) groups excluding carboxylic acids is 1. The Morgan fingerprint density at radius 1 is 1.06 bits per heavy atom. The predicted molar refractivity (Wildman–Crippen MR) is 109 cm³/mol. The second-order valence-corrected chi connectivity index (χ2v) is 7.58. The second kappa shape index (κ2) is 8.83. The number of rotatable bonds is 4. The van der Waals surface area contributed by atoms with E-state index in [1.165, 1.54) is 12.3 Å². The maximum atomic E-state index is 13.2. The fraction of sp³-hybridized carbons (Fsp3) is 0.304. The van der Waals surface area contributed by atoms with Gasteiger partial charge in [0.1, 0.15) is 0 Å². The van der Waals surface area contributed by atoms with Gasteiger partial charge in [-0.2, -0.15) is 13.2 Å². The van der Waals surface area contributed by atoms with Crippen LogP contribution < -0.4 is 0 Å². The highest BCUT2D eigenvalue weighted by atomic mass is 19.4. The lowest BCUT2D eigenvalue weighted by molar-refractivity contribution is -0.137. The summed E-state index contributed by atoms with van der Waals surface area (Å²) in [6.07, 6.45) is 3.79. The van der Waals surface area contributed by atoms with Crippen molar-refractivity contribution < 1.29 is 18.0 Å². The summed E-state index contributed by atoms with van der Waals surface area (Å²) in [5.74, 6) is -0.0752. The van der Waals surface area contributed by atoms with Crippen molar-refractivity contribution in [2.45, 2.75) is 31.4 Å². The van der Waals surface area contributed by atoms with E-state index in [0.717, 1.165) is 30.5 Å². The molecule has 2 aromatic heterocycles. The van der Waals surface area contributed by atoms with Crippen molar-refractivity contribution >= 4 is 5.91 Å². The van der Waals surface area contributed by atoms with Gasteiger partial charge in [0.25, 0.3) is 0 Å². The van der Waals surface area contributed by atoms with Crippen molar-refractivity contribution in [3.05, 3.63) is 78.0 Å². The molecule has 1 saturated heterocycles. The third-order valence-electron chi connectivity index (χ3n) is 5.46. The van der Waals surface area contributed by atoms with Crippen LogP contribution in [0.2, 0.25) is 0 Å². The molecule has 31 heavy (non-hydrogen) atoms. The van der Waals surface area contributed by atoms with E-state index in [4.69, 9.17) is 0 Å². The predicted octanol–water partition coefficient (Wildman–Crippen LogP) is 4.51. The molecule has 3 aromatic rings. The molecule has 1 aromatic carbocycles. The summed E-state index contributed by atoms with van der Waals surface area (Å²) < 4.78 is 39.5. The number of alkyl halides is 3. The van der Waals surface area contributed by atoms with Gasteiger partial charge in [0, 0.05) is 49.4 Å². The molecular formula is C23H21F3N4O. The summed E-state index contributed by atoms with van der Waals surface area (Å²) in [5.41, 5.74) is 1.61. The van der Waals surface area contributed by atoms with E-state index in [0.29, 0.717) is 30.0 Å². The van der Waals surface area contributed by atoms with Crippen LogP contribution in [0, 0.1) is 0 Å². The second-order valence-electron chi connectivity index (χ2n) is 7.58. The number of piperidine rings is 1. The summed E-state index contributed by atoms with van der Waals surface area (Å²) in [4.78, 5) is 27.4. The molecule has 0 N–H and O–H groups in total. The lowest BCUT2D eigenvalue weighted by atomic mass is 9.91. The number of pyridine rings is 1. The third-order valence-corrected chi connectivity index (χ3v) is 5.46. The van der Waals surface area contributed by atoms with Crippen LogP contribution in [0.1, 0.15) is 35.6 Å². The van der Waals surface area contributed by atoms with E-state index in [2.05, 4.69) is 15.0 Å². The van der Waals surface area contributed by atoms with E-state index >= 15 is 0 Å². The van der Waals surface area contributed by atoms with E-state index in [9.17, 15) is 18.0 Å². The van der Waals surface area contributed by atoms with E-state index in [-0.39, 0.29) is 18.2 Å². The number of nitrogens with zero attached hydrogens (tertiary/aromatic N) is 4. The van der Waals surface area contributed by atoms with Gasteiger partial charge in [0.2, 0.25) is 5.91 Å². The van der Waals surface area contributed by atoms with Gasteiger partial charge in [0.05, 0.1) is 23.4 Å². The van der Waals surface area contributed by atoms with Gasteiger partial charge in [-0.1, -0.05) is 12.1 Å². The van der Waals surface area contributed by atoms with E-state index in [1.54, 1.807) is 29.6 Å². The van der Waals surface area contributed by atoms with Crippen molar-refractivity contribution in [1.29, 1.82) is 0 Å². The molecule has 160 valence electrons. The first-order valence-corrected chi connectivity index (χ1v) is 10.1. The van der Waals surface area contributed by atoms with Crippen molar-refractivity contribution in [2.75, 3.05) is 13.1 Å². The third kappa shape index (κ3) is 4.90. The normalized spacial score (nSPS) is 16.9. The molecule has 1 aliphatic heterocycles. The molecule has 4 rings (SSSR count). The molecule has 0 aliphatic carbocycles. The Kier molecular flexibility index (Phi) is 5.97. The van der Waals surface area contributed by atoms with Crippen LogP contribution in [0.5, 0.6) is 0 Å². The average Bonchev–Trinajstić information content (AvgIpc) is 2.79. The zero-order valence-corrected chi connectivity index (χ0v) is 16.7. The van der Waals surface area contributed by atoms with Crippen LogP contribution in [0.4, 0.5) is 13.2 Å². The first-order chi connectivity index (χ1) is 14.9. The Morgan fingerprint density at radius 2 is 1.84 bits per heavy atom. The number of carbonyl (C=O) groups is 1. The van der Waals surface area contributed by atoms with Crippen molar-refractivity contribution in [2.24, 2.45) is 0 Å². The van der Waals surface area contributed by atoms with Gasteiger partial charge in [0.15, 0.2) is 0 Å². The van der Waals surface area contributed by atoms with Gasteiger partial charge in [-0.05, 0) is 42.7 Å². The summed E-state index contributed by atoms with van der Waals surface area (Å²) in [5, 5.41) is 0. The standard InChI is InChI=1S/C23H21F3N4O/c24-23(25,26)19-5-1-3-17(14-19)21-22(29-11-10-28-21)18-4-2-12-30(15-18)20(31)13-16-6-8-27-9-7-16/h1,3,5-11,14,18H,2,4,12-13,15H2/t18-/m0/s1. The minimum absolute atomic E-state index is 0.0143. The minimum atomic E-state index is -4.43. The summed E-state index contributed by atoms with van der Waals surface area (Å²) in [6, 6.07) is 8.75. The number of halogens is 3. The van der Waals surface area contributed by atoms with Gasteiger partial charge < -0.3 is 4.90 Å². The van der Waals surface area contributed by atoms with Crippen molar-refractivity contribution in [1.82, 2.24) is 19.9 Å². The Balaban J connectivity index is 1.57. The Labute approximate surface area is 178 Å². The van der Waals surface area contributed by atoms with Gasteiger partial charge in [-0.25, -0.2) is 0 Å². The Bertz CT molecular complexity index is 1060. The highest BCUT2D eigenvalue weighted by Crippen LogP contribution is 2.35. The Hall–Kier alpha value is -3.29. The van der Waals surface area contributed by atoms with Crippen molar-refractivity contribution in [3.63, 3.8) is 0 Å². The molecule has 0 saturated carbocycles. The fourth-order valence-corrected chi connectivity index (χ4v) is 3.93. The van der Waals surface area contributed by atoms with Crippen LogP contribution in [-0.2, 0) is 17.4 Å². The molecule has 3 heterocycles. The topological polar surface area (TPSA) is 59.0 Å². The lowest BCUT2D eigenvalue weighted by Gasteiger charge is -2.33. The van der Waals surface area contributed by atoms with Crippen LogP contribution in [0.15, 0.2) is 61.2 Å². The molecule has 8 heteroatoms. The summed E-state index contributed by atoms with van der Waals surface area (Å²) in [6.45, 7) is 1.12. The minimum Gasteiger partial charge on any atom is -0.342 e. The SMILES string of the molecule is O=C(Cc1ccncc1)N1CCC[C@H](c2nccnc2-c2cccc(C(F)(F)F)c2)C1. The molecule has 1 atom stereocenters. The molecule has 0 radical (unpaired) electrons. The van der Waals surface area contributed by atoms with Gasteiger partial charge in [-0.15, -0.1) is 0 Å². The quantitative estimate of drug-likeness (QED) is 0.616. The fourth-order valence-electron chi connectivity index (χ4n) is 3.93. The number of hydrogen-bond donors (Lipinski definition) is 0. The van der Waals surface area contributed by atoms with E-state index in [1.807, 2.05) is 12.1 Å². The summed E-state index contributed by atoms with van der Waals surface area (Å²) in [7, 11) is 0. The number of hydrogen-bond acceptors (Lipinski definition) is 4. The zero-order valence-electron chi connectivity index (χ0n) is 16.7. The molecular weight excluding hydrogens is 405 g/mol. The number of likely N-dealkylation sites (tertiary alicyclic amines) is 1. The lowest BCUT2D eigenvalue weighted by Crippen LogP contribution is -2.40. The van der Waals surface area contributed by atoms with Crippen LogP contribution in [-0.4, -0.2) is 38.8 Å². The number of amides is 1. The first kappa shape index (κ1) is 21.0. The largest absolute Gasteiger partial charge is 0.416 e. The van der Waals surface area contributed by atoms with Crippen LogP contribution in [0.3, 0.4) is 0 Å². The average molecular weight is 426 g/mol. The molecule has 0 unspecified atom stereocenters. The molecule has 5 nitrogen and oxygen atoms in total. The van der Waals surface area contributed by atoms with Gasteiger partial charge in [-0.3, -0.25) is 19.7 Å². The van der Waals surface area contributed by atoms with Gasteiger partial charge >= 0.3 is 6.18 Å². The number of benzene rings is 1. The maximum Gasteiger partial charge on any atom is 0.416 e. The summed E-state index contributed by atoms with van der Waals surface area (Å²) >= 11 is 0. The molecule has 1 amide bonds. The molecule has 1 aliphatic rings. The van der Waals surface area contributed by atoms with Crippen LogP contribution >= 0.6 is 0 Å². The monoisotopic (exact) mass is 426 g/mol.